The Morgan fingerprint density at radius 3 is 2.33 bits per heavy atom. The van der Waals surface area contributed by atoms with E-state index in [9.17, 15) is 0 Å². The lowest BCUT2D eigenvalue weighted by Gasteiger charge is -2.24. The van der Waals surface area contributed by atoms with E-state index in [2.05, 4.69) is 46.9 Å². The summed E-state index contributed by atoms with van der Waals surface area (Å²) in [6.45, 7) is 14.8. The zero-order valence-electron chi connectivity index (χ0n) is 13.0. The monoisotopic (exact) mass is 257 g/mol. The minimum Gasteiger partial charge on any atom is -0.376 e. The van der Waals surface area contributed by atoms with E-state index in [0.717, 1.165) is 26.0 Å². The van der Waals surface area contributed by atoms with E-state index in [1.165, 1.54) is 0 Å². The van der Waals surface area contributed by atoms with E-state index < -0.39 is 0 Å². The molecule has 0 saturated carbocycles. The van der Waals surface area contributed by atoms with Crippen molar-refractivity contribution in [2.75, 3.05) is 13.2 Å². The number of ether oxygens (including phenoxy) is 2. The third-order valence-corrected chi connectivity index (χ3v) is 3.54. The summed E-state index contributed by atoms with van der Waals surface area (Å²) in [6.07, 6.45) is 3.24. The molecule has 0 bridgehead atoms. The van der Waals surface area contributed by atoms with Gasteiger partial charge in [-0.15, -0.1) is 0 Å². The maximum absolute atomic E-state index is 6.00. The normalized spacial score (nSPS) is 26.8. The van der Waals surface area contributed by atoms with E-state index in [1.54, 1.807) is 0 Å². The highest BCUT2D eigenvalue weighted by Gasteiger charge is 2.26. The molecule has 0 aromatic carbocycles. The average Bonchev–Trinajstić information content (AvgIpc) is 2.70. The Kier molecular flexibility index (Phi) is 6.09. The van der Waals surface area contributed by atoms with Crippen LogP contribution in [-0.4, -0.2) is 37.0 Å². The van der Waals surface area contributed by atoms with Gasteiger partial charge in [-0.05, 0) is 46.5 Å². The van der Waals surface area contributed by atoms with E-state index in [0.29, 0.717) is 18.1 Å². The highest BCUT2D eigenvalue weighted by molar-refractivity contribution is 4.79. The highest BCUT2D eigenvalue weighted by Crippen LogP contribution is 2.21. The standard InChI is InChI=1S/C15H31NO2/c1-11(2)12(3)17-10-14-8-7-13(18-14)9-16-15(4,5)6/h11-14,16H,7-10H2,1-6H3. The number of hydrogen-bond donors (Lipinski definition) is 1. The third kappa shape index (κ3) is 6.17. The second-order valence-corrected chi connectivity index (χ2v) is 6.87. The molecule has 1 saturated heterocycles. The van der Waals surface area contributed by atoms with Gasteiger partial charge in [-0.2, -0.15) is 0 Å². The minimum absolute atomic E-state index is 0.171. The fourth-order valence-corrected chi connectivity index (χ4v) is 1.92. The summed E-state index contributed by atoms with van der Waals surface area (Å²) in [5.74, 6) is 0.574. The first kappa shape index (κ1) is 15.9. The molecule has 3 heteroatoms. The molecular weight excluding hydrogens is 226 g/mol. The second-order valence-electron chi connectivity index (χ2n) is 6.87. The van der Waals surface area contributed by atoms with E-state index >= 15 is 0 Å². The summed E-state index contributed by atoms with van der Waals surface area (Å²) in [4.78, 5) is 0. The summed E-state index contributed by atoms with van der Waals surface area (Å²) >= 11 is 0. The Hall–Kier alpha value is -0.120. The molecule has 1 heterocycles. The molecule has 0 aromatic rings. The van der Waals surface area contributed by atoms with Gasteiger partial charge in [0.1, 0.15) is 0 Å². The predicted molar refractivity (Wildman–Crippen MR) is 75.9 cm³/mol. The summed E-state index contributed by atoms with van der Waals surface area (Å²) in [5, 5.41) is 3.50. The lowest BCUT2D eigenvalue weighted by atomic mass is 10.1. The zero-order valence-corrected chi connectivity index (χ0v) is 13.0. The molecule has 0 aliphatic carbocycles. The first-order valence-corrected chi connectivity index (χ1v) is 7.30. The molecule has 1 N–H and O–H groups in total. The average molecular weight is 257 g/mol. The Morgan fingerprint density at radius 1 is 1.17 bits per heavy atom. The van der Waals surface area contributed by atoms with Crippen LogP contribution in [-0.2, 0) is 9.47 Å². The molecule has 1 aliphatic rings. The van der Waals surface area contributed by atoms with Crippen LogP contribution in [0, 0.1) is 5.92 Å². The van der Waals surface area contributed by atoms with Crippen LogP contribution in [0.3, 0.4) is 0 Å². The van der Waals surface area contributed by atoms with Crippen molar-refractivity contribution in [3.8, 4) is 0 Å². The van der Waals surface area contributed by atoms with E-state index in [1.807, 2.05) is 0 Å². The molecule has 1 rings (SSSR count). The molecule has 0 radical (unpaired) electrons. The molecule has 0 aromatic heterocycles. The lowest BCUT2D eigenvalue weighted by Crippen LogP contribution is -2.41. The van der Waals surface area contributed by atoms with Crippen LogP contribution in [0.1, 0.15) is 54.4 Å². The summed E-state index contributed by atoms with van der Waals surface area (Å²) in [5.41, 5.74) is 0.171. The van der Waals surface area contributed by atoms with Gasteiger partial charge in [0.15, 0.2) is 0 Å². The van der Waals surface area contributed by atoms with Crippen LogP contribution in [0.2, 0.25) is 0 Å². The van der Waals surface area contributed by atoms with Crippen LogP contribution < -0.4 is 5.32 Å². The topological polar surface area (TPSA) is 30.5 Å². The zero-order chi connectivity index (χ0) is 13.8. The van der Waals surface area contributed by atoms with E-state index in [-0.39, 0.29) is 11.6 Å². The summed E-state index contributed by atoms with van der Waals surface area (Å²) in [6, 6.07) is 0. The van der Waals surface area contributed by atoms with Crippen LogP contribution in [0.5, 0.6) is 0 Å². The van der Waals surface area contributed by atoms with Gasteiger partial charge in [-0.1, -0.05) is 13.8 Å². The lowest BCUT2D eigenvalue weighted by molar-refractivity contribution is -0.0481. The van der Waals surface area contributed by atoms with Crippen molar-refractivity contribution < 1.29 is 9.47 Å². The van der Waals surface area contributed by atoms with Crippen molar-refractivity contribution in [1.29, 1.82) is 0 Å². The van der Waals surface area contributed by atoms with Gasteiger partial charge < -0.3 is 14.8 Å². The molecule has 1 aliphatic heterocycles. The smallest absolute Gasteiger partial charge is 0.0814 e. The van der Waals surface area contributed by atoms with E-state index in [4.69, 9.17) is 9.47 Å². The summed E-state index contributed by atoms with van der Waals surface area (Å²) in [7, 11) is 0. The van der Waals surface area contributed by atoms with Crippen molar-refractivity contribution >= 4 is 0 Å². The molecule has 18 heavy (non-hydrogen) atoms. The van der Waals surface area contributed by atoms with Crippen molar-refractivity contribution in [3.05, 3.63) is 0 Å². The largest absolute Gasteiger partial charge is 0.376 e. The quantitative estimate of drug-likeness (QED) is 0.793. The first-order valence-electron chi connectivity index (χ1n) is 7.30. The van der Waals surface area contributed by atoms with Crippen LogP contribution in [0.4, 0.5) is 0 Å². The molecular formula is C15H31NO2. The second kappa shape index (κ2) is 6.88. The van der Waals surface area contributed by atoms with Gasteiger partial charge in [0.2, 0.25) is 0 Å². The van der Waals surface area contributed by atoms with Crippen molar-refractivity contribution in [2.45, 2.75) is 78.2 Å². The molecule has 0 amide bonds. The van der Waals surface area contributed by atoms with Crippen LogP contribution >= 0.6 is 0 Å². The van der Waals surface area contributed by atoms with Crippen molar-refractivity contribution in [1.82, 2.24) is 5.32 Å². The maximum atomic E-state index is 6.00. The maximum Gasteiger partial charge on any atom is 0.0814 e. The molecule has 1 fully saturated rings. The van der Waals surface area contributed by atoms with Gasteiger partial charge >= 0.3 is 0 Å². The molecule has 3 unspecified atom stereocenters. The number of nitrogens with one attached hydrogen (secondary N) is 1. The fraction of sp³-hybridized carbons (Fsp3) is 1.00. The van der Waals surface area contributed by atoms with Crippen molar-refractivity contribution in [2.24, 2.45) is 5.92 Å². The van der Waals surface area contributed by atoms with Gasteiger partial charge in [-0.25, -0.2) is 0 Å². The SMILES string of the molecule is CC(C)C(C)OCC1CCC(CNC(C)(C)C)O1. The molecule has 108 valence electrons. The fourth-order valence-electron chi connectivity index (χ4n) is 1.92. The van der Waals surface area contributed by atoms with Crippen molar-refractivity contribution in [3.63, 3.8) is 0 Å². The highest BCUT2D eigenvalue weighted by atomic mass is 16.5. The molecule has 0 spiro atoms. The first-order chi connectivity index (χ1) is 8.28. The number of hydrogen-bond acceptors (Lipinski definition) is 3. The third-order valence-electron chi connectivity index (χ3n) is 3.54. The summed E-state index contributed by atoms with van der Waals surface area (Å²) < 4.78 is 11.8. The molecule has 3 atom stereocenters. The van der Waals surface area contributed by atoms with Crippen LogP contribution in [0.15, 0.2) is 0 Å². The minimum atomic E-state index is 0.171. The predicted octanol–water partition coefficient (Wildman–Crippen LogP) is 2.98. The Balaban J connectivity index is 2.17. The van der Waals surface area contributed by atoms with Gasteiger partial charge in [0.05, 0.1) is 24.9 Å². The molecule has 3 nitrogen and oxygen atoms in total. The van der Waals surface area contributed by atoms with Gasteiger partial charge in [-0.3, -0.25) is 0 Å². The number of rotatable bonds is 6. The van der Waals surface area contributed by atoms with Gasteiger partial charge in [0, 0.05) is 12.1 Å². The van der Waals surface area contributed by atoms with Crippen LogP contribution in [0.25, 0.3) is 0 Å². The Morgan fingerprint density at radius 2 is 1.78 bits per heavy atom. The van der Waals surface area contributed by atoms with Gasteiger partial charge in [0.25, 0.3) is 0 Å². The Labute approximate surface area is 113 Å². The Bertz CT molecular complexity index is 235.